The van der Waals surface area contributed by atoms with Gasteiger partial charge in [-0.05, 0) is 24.5 Å². The van der Waals surface area contributed by atoms with Crippen LogP contribution in [-0.2, 0) is 17.7 Å². The molecule has 0 saturated carbocycles. The maximum Gasteiger partial charge on any atom is 0.168 e. The summed E-state index contributed by atoms with van der Waals surface area (Å²) in [5, 5.41) is 0. The van der Waals surface area contributed by atoms with Crippen LogP contribution in [0.5, 0.6) is 5.75 Å². The third-order valence-electron chi connectivity index (χ3n) is 3.80. The van der Waals surface area contributed by atoms with Gasteiger partial charge in [-0.25, -0.2) is 0 Å². The van der Waals surface area contributed by atoms with E-state index in [4.69, 9.17) is 9.78 Å². The van der Waals surface area contributed by atoms with Crippen molar-refractivity contribution in [2.75, 3.05) is 6.61 Å². The Morgan fingerprint density at radius 2 is 1.79 bits per heavy atom. The van der Waals surface area contributed by atoms with E-state index in [1.807, 2.05) is 6.07 Å². The molecule has 0 N–H and O–H groups in total. The Bertz CT molecular complexity index is 374. The van der Waals surface area contributed by atoms with Crippen LogP contribution in [0.3, 0.4) is 0 Å². The van der Waals surface area contributed by atoms with Crippen molar-refractivity contribution in [2.24, 2.45) is 0 Å². The maximum atomic E-state index is 5.16. The number of unbranched alkanes of at least 4 members (excludes halogenated alkanes) is 6. The van der Waals surface area contributed by atoms with Crippen LogP contribution in [0.15, 0.2) is 18.2 Å². The molecule has 2 rings (SSSR count). The smallest absolute Gasteiger partial charge is 0.168 e. The van der Waals surface area contributed by atoms with E-state index in [0.717, 1.165) is 12.2 Å². The SMILES string of the molecule is CCCCCCCCCc1ccc2c(c1)CCOO2. The summed E-state index contributed by atoms with van der Waals surface area (Å²) in [5.74, 6) is 0.898. The summed E-state index contributed by atoms with van der Waals surface area (Å²) in [6, 6.07) is 6.50. The fraction of sp³-hybridized carbons (Fsp3) is 0.647. The Morgan fingerprint density at radius 1 is 1.00 bits per heavy atom. The van der Waals surface area contributed by atoms with Crippen molar-refractivity contribution in [2.45, 2.75) is 64.7 Å². The second-order valence-electron chi connectivity index (χ2n) is 5.47. The van der Waals surface area contributed by atoms with Crippen molar-refractivity contribution in [3.05, 3.63) is 29.3 Å². The van der Waals surface area contributed by atoms with Gasteiger partial charge in [-0.15, -0.1) is 0 Å². The van der Waals surface area contributed by atoms with Gasteiger partial charge in [0, 0.05) is 12.0 Å². The second-order valence-corrected chi connectivity index (χ2v) is 5.47. The summed E-state index contributed by atoms with van der Waals surface area (Å²) in [7, 11) is 0. The highest BCUT2D eigenvalue weighted by molar-refractivity contribution is 5.37. The lowest BCUT2D eigenvalue weighted by Gasteiger charge is -2.16. The van der Waals surface area contributed by atoms with Crippen LogP contribution < -0.4 is 4.89 Å². The summed E-state index contributed by atoms with van der Waals surface area (Å²) in [4.78, 5) is 10.1. The molecule has 1 aromatic carbocycles. The number of hydrogen-bond acceptors (Lipinski definition) is 2. The van der Waals surface area contributed by atoms with Crippen LogP contribution in [0, 0.1) is 0 Å². The van der Waals surface area contributed by atoms with E-state index in [2.05, 4.69) is 19.1 Å². The lowest BCUT2D eigenvalue weighted by molar-refractivity contribution is -0.215. The zero-order valence-corrected chi connectivity index (χ0v) is 12.1. The normalized spacial score (nSPS) is 13.9. The molecule has 0 saturated heterocycles. The van der Waals surface area contributed by atoms with E-state index in [-0.39, 0.29) is 0 Å². The molecule has 0 amide bonds. The van der Waals surface area contributed by atoms with Crippen LogP contribution >= 0.6 is 0 Å². The molecular weight excluding hydrogens is 236 g/mol. The molecule has 19 heavy (non-hydrogen) atoms. The van der Waals surface area contributed by atoms with Crippen molar-refractivity contribution in [3.8, 4) is 5.75 Å². The highest BCUT2D eigenvalue weighted by Crippen LogP contribution is 2.25. The zero-order chi connectivity index (χ0) is 13.3. The number of benzene rings is 1. The number of rotatable bonds is 8. The first-order valence-electron chi connectivity index (χ1n) is 7.81. The Morgan fingerprint density at radius 3 is 2.63 bits per heavy atom. The highest BCUT2D eigenvalue weighted by Gasteiger charge is 2.11. The molecule has 106 valence electrons. The van der Waals surface area contributed by atoms with Gasteiger partial charge in [0.2, 0.25) is 0 Å². The predicted octanol–water partition coefficient (Wildman–Crippen LogP) is 4.85. The lowest BCUT2D eigenvalue weighted by Crippen LogP contribution is -2.11. The molecule has 1 aromatic rings. The summed E-state index contributed by atoms with van der Waals surface area (Å²) >= 11 is 0. The number of aryl methyl sites for hydroxylation is 1. The molecule has 1 aliphatic rings. The van der Waals surface area contributed by atoms with Gasteiger partial charge in [0.25, 0.3) is 0 Å². The monoisotopic (exact) mass is 262 g/mol. The molecule has 0 radical (unpaired) electrons. The minimum atomic E-state index is 0.674. The van der Waals surface area contributed by atoms with Gasteiger partial charge in [0.1, 0.15) is 0 Å². The quantitative estimate of drug-likeness (QED) is 0.492. The van der Waals surface area contributed by atoms with Crippen LogP contribution in [-0.4, -0.2) is 6.61 Å². The first-order valence-corrected chi connectivity index (χ1v) is 7.81. The second kappa shape index (κ2) is 8.21. The minimum Gasteiger partial charge on any atom is -0.337 e. The van der Waals surface area contributed by atoms with Crippen LogP contribution in [0.25, 0.3) is 0 Å². The van der Waals surface area contributed by atoms with Crippen molar-refractivity contribution in [1.82, 2.24) is 0 Å². The third kappa shape index (κ3) is 4.87. The molecule has 0 unspecified atom stereocenters. The van der Waals surface area contributed by atoms with E-state index in [1.165, 1.54) is 62.5 Å². The van der Waals surface area contributed by atoms with Gasteiger partial charge < -0.3 is 4.89 Å². The first-order chi connectivity index (χ1) is 9.40. The van der Waals surface area contributed by atoms with E-state index >= 15 is 0 Å². The summed E-state index contributed by atoms with van der Waals surface area (Å²) in [6.45, 7) is 2.94. The highest BCUT2D eigenvalue weighted by atomic mass is 17.2. The maximum absolute atomic E-state index is 5.16. The Balaban J connectivity index is 1.66. The molecule has 0 atom stereocenters. The molecule has 0 spiro atoms. The van der Waals surface area contributed by atoms with Crippen LogP contribution in [0.2, 0.25) is 0 Å². The molecular formula is C17H26O2. The van der Waals surface area contributed by atoms with Crippen molar-refractivity contribution in [3.63, 3.8) is 0 Å². The molecule has 2 heteroatoms. The van der Waals surface area contributed by atoms with Crippen LogP contribution in [0.4, 0.5) is 0 Å². The van der Waals surface area contributed by atoms with E-state index in [9.17, 15) is 0 Å². The number of fused-ring (bicyclic) bond motifs is 1. The Kier molecular flexibility index (Phi) is 6.22. The molecule has 1 heterocycles. The molecule has 0 bridgehead atoms. The standard InChI is InChI=1S/C17H26O2/c1-2-3-4-5-6-7-8-9-15-10-11-17-16(14-15)12-13-18-19-17/h10-11,14H,2-9,12-13H2,1H3. The molecule has 0 aromatic heterocycles. The lowest BCUT2D eigenvalue weighted by atomic mass is 10.0. The molecule has 2 nitrogen and oxygen atoms in total. The van der Waals surface area contributed by atoms with Crippen molar-refractivity contribution < 1.29 is 9.78 Å². The number of hydrogen-bond donors (Lipinski definition) is 0. The fourth-order valence-corrected chi connectivity index (χ4v) is 2.61. The molecule has 1 aliphatic heterocycles. The zero-order valence-electron chi connectivity index (χ0n) is 12.1. The summed E-state index contributed by atoms with van der Waals surface area (Å²) in [5.41, 5.74) is 2.74. The van der Waals surface area contributed by atoms with E-state index < -0.39 is 0 Å². The Labute approximate surface area is 117 Å². The predicted molar refractivity (Wildman–Crippen MR) is 78.4 cm³/mol. The van der Waals surface area contributed by atoms with Crippen molar-refractivity contribution in [1.29, 1.82) is 0 Å². The Hall–Kier alpha value is -1.02. The van der Waals surface area contributed by atoms with Gasteiger partial charge in [-0.2, -0.15) is 4.89 Å². The van der Waals surface area contributed by atoms with Crippen LogP contribution in [0.1, 0.15) is 63.0 Å². The third-order valence-corrected chi connectivity index (χ3v) is 3.80. The minimum absolute atomic E-state index is 0.674. The van der Waals surface area contributed by atoms with Gasteiger partial charge >= 0.3 is 0 Å². The first kappa shape index (κ1) is 14.4. The summed E-state index contributed by atoms with van der Waals surface area (Å²) < 4.78 is 0. The molecule has 0 aliphatic carbocycles. The average molecular weight is 262 g/mol. The summed E-state index contributed by atoms with van der Waals surface area (Å²) in [6.07, 6.45) is 11.8. The topological polar surface area (TPSA) is 18.5 Å². The van der Waals surface area contributed by atoms with Gasteiger partial charge in [-0.1, -0.05) is 57.6 Å². The largest absolute Gasteiger partial charge is 0.337 e. The van der Waals surface area contributed by atoms with E-state index in [1.54, 1.807) is 0 Å². The van der Waals surface area contributed by atoms with E-state index in [0.29, 0.717) is 6.61 Å². The molecule has 0 fully saturated rings. The van der Waals surface area contributed by atoms with Gasteiger partial charge in [0.05, 0.1) is 6.61 Å². The van der Waals surface area contributed by atoms with Gasteiger partial charge in [0.15, 0.2) is 5.75 Å². The average Bonchev–Trinajstić information content (AvgIpc) is 2.46. The van der Waals surface area contributed by atoms with Crippen molar-refractivity contribution >= 4 is 0 Å². The van der Waals surface area contributed by atoms with Gasteiger partial charge in [-0.3, -0.25) is 0 Å². The fourth-order valence-electron chi connectivity index (χ4n) is 2.61.